The van der Waals surface area contributed by atoms with Crippen LogP contribution in [-0.4, -0.2) is 42.2 Å². The van der Waals surface area contributed by atoms with Crippen LogP contribution in [0.3, 0.4) is 0 Å². The Hall–Kier alpha value is -4.01. The normalized spacial score (nSPS) is 17.0. The number of rotatable bonds is 5. The summed E-state index contributed by atoms with van der Waals surface area (Å²) in [6.45, 7) is 0. The van der Waals surface area contributed by atoms with Crippen molar-refractivity contribution in [1.29, 1.82) is 0 Å². The van der Waals surface area contributed by atoms with Gasteiger partial charge in [-0.1, -0.05) is 0 Å². The second-order valence-corrected chi connectivity index (χ2v) is 5.77. The van der Waals surface area contributed by atoms with Gasteiger partial charge >= 0.3 is 12.0 Å². The number of urea groups is 1. The third kappa shape index (κ3) is 3.73. The lowest BCUT2D eigenvalue weighted by Crippen LogP contribution is -2.58. The van der Waals surface area contributed by atoms with Gasteiger partial charge in [0.1, 0.15) is 5.75 Å². The standard InChI is InChI=1S/C19H15N3O6/c1-28-14-8-6-13(7-9-14)22-17(24)15(16(23)21-19(22)27)10-20-12-4-2-11(3-5-12)18(25)26/h2-10,15H,1H3,(H,25,26)(H,21,23,27)/t15-/m0/s1. The van der Waals surface area contributed by atoms with E-state index in [1.54, 1.807) is 12.1 Å². The third-order valence-electron chi connectivity index (χ3n) is 4.02. The van der Waals surface area contributed by atoms with E-state index in [1.807, 2.05) is 0 Å². The van der Waals surface area contributed by atoms with Crippen LogP contribution in [0.1, 0.15) is 10.4 Å². The second-order valence-electron chi connectivity index (χ2n) is 5.77. The van der Waals surface area contributed by atoms with Gasteiger partial charge in [0.15, 0.2) is 5.92 Å². The molecule has 0 aromatic heterocycles. The van der Waals surface area contributed by atoms with Gasteiger partial charge < -0.3 is 9.84 Å². The SMILES string of the molecule is COc1ccc(N2C(=O)NC(=O)[C@H](C=Nc3ccc(C(=O)O)cc3)C2=O)cc1. The summed E-state index contributed by atoms with van der Waals surface area (Å²) in [5, 5.41) is 11.0. The van der Waals surface area contributed by atoms with Gasteiger partial charge in [-0.15, -0.1) is 0 Å². The number of aromatic carboxylic acids is 1. The average molecular weight is 381 g/mol. The zero-order chi connectivity index (χ0) is 20.3. The van der Waals surface area contributed by atoms with E-state index in [9.17, 15) is 19.2 Å². The highest BCUT2D eigenvalue weighted by atomic mass is 16.5. The Labute approximate surface area is 159 Å². The van der Waals surface area contributed by atoms with Gasteiger partial charge in [0.25, 0.3) is 5.91 Å². The number of carbonyl (C=O) groups is 4. The Kier molecular flexibility index (Phi) is 5.16. The molecular weight excluding hydrogens is 366 g/mol. The highest BCUT2D eigenvalue weighted by molar-refractivity contribution is 6.32. The molecule has 9 nitrogen and oxygen atoms in total. The predicted molar refractivity (Wildman–Crippen MR) is 99.1 cm³/mol. The van der Waals surface area contributed by atoms with Gasteiger partial charge in [-0.25, -0.2) is 14.5 Å². The van der Waals surface area contributed by atoms with Crippen molar-refractivity contribution in [2.24, 2.45) is 10.9 Å². The number of carboxylic acids is 1. The smallest absolute Gasteiger partial charge is 0.335 e. The van der Waals surface area contributed by atoms with E-state index in [0.29, 0.717) is 11.4 Å². The number of hydrogen-bond donors (Lipinski definition) is 2. The van der Waals surface area contributed by atoms with Gasteiger partial charge in [-0.3, -0.25) is 19.9 Å². The molecule has 3 rings (SSSR count). The molecule has 1 aliphatic heterocycles. The number of anilines is 1. The zero-order valence-corrected chi connectivity index (χ0v) is 14.7. The first-order valence-corrected chi connectivity index (χ1v) is 8.11. The maximum Gasteiger partial charge on any atom is 0.335 e. The molecule has 0 unspecified atom stereocenters. The number of benzene rings is 2. The highest BCUT2D eigenvalue weighted by Gasteiger charge is 2.40. The number of methoxy groups -OCH3 is 1. The van der Waals surface area contributed by atoms with Crippen molar-refractivity contribution >= 4 is 41.4 Å². The lowest BCUT2D eigenvalue weighted by atomic mass is 10.1. The van der Waals surface area contributed by atoms with E-state index in [0.717, 1.165) is 11.1 Å². The fourth-order valence-corrected chi connectivity index (χ4v) is 2.55. The molecular formula is C19H15N3O6. The molecule has 2 N–H and O–H groups in total. The Balaban J connectivity index is 1.83. The minimum Gasteiger partial charge on any atom is -0.497 e. The van der Waals surface area contributed by atoms with Crippen LogP contribution in [0.15, 0.2) is 53.5 Å². The summed E-state index contributed by atoms with van der Waals surface area (Å²) in [5.41, 5.74) is 0.722. The zero-order valence-electron chi connectivity index (χ0n) is 14.7. The maximum atomic E-state index is 12.7. The number of carbonyl (C=O) groups excluding carboxylic acids is 3. The molecule has 0 saturated carbocycles. The van der Waals surface area contributed by atoms with Crippen LogP contribution in [0.5, 0.6) is 5.75 Å². The monoisotopic (exact) mass is 381 g/mol. The molecule has 0 bridgehead atoms. The largest absolute Gasteiger partial charge is 0.497 e. The summed E-state index contributed by atoms with van der Waals surface area (Å²) in [4.78, 5) is 52.7. The van der Waals surface area contributed by atoms with Crippen molar-refractivity contribution in [1.82, 2.24) is 5.32 Å². The molecule has 142 valence electrons. The van der Waals surface area contributed by atoms with Crippen molar-refractivity contribution in [2.75, 3.05) is 12.0 Å². The molecule has 0 aliphatic carbocycles. The maximum absolute atomic E-state index is 12.7. The minimum absolute atomic E-state index is 0.0849. The molecule has 1 saturated heterocycles. The van der Waals surface area contributed by atoms with Gasteiger partial charge in [0.05, 0.1) is 24.0 Å². The molecule has 2 aromatic rings. The molecule has 0 spiro atoms. The number of imide groups is 2. The van der Waals surface area contributed by atoms with Crippen molar-refractivity contribution in [2.45, 2.75) is 0 Å². The summed E-state index contributed by atoms with van der Waals surface area (Å²) in [5.74, 6) is -3.37. The average Bonchev–Trinajstić information content (AvgIpc) is 2.68. The first kappa shape index (κ1) is 18.8. The number of hydrogen-bond acceptors (Lipinski definition) is 6. The van der Waals surface area contributed by atoms with Crippen molar-refractivity contribution in [3.8, 4) is 5.75 Å². The van der Waals surface area contributed by atoms with Crippen molar-refractivity contribution in [3.05, 3.63) is 54.1 Å². The molecule has 1 heterocycles. The number of ether oxygens (including phenoxy) is 1. The van der Waals surface area contributed by atoms with Crippen LogP contribution in [0.2, 0.25) is 0 Å². The molecule has 28 heavy (non-hydrogen) atoms. The predicted octanol–water partition coefficient (Wildman–Crippen LogP) is 1.99. The molecule has 0 radical (unpaired) electrons. The summed E-state index contributed by atoms with van der Waals surface area (Å²) in [6.07, 6.45) is 1.12. The van der Waals surface area contributed by atoms with E-state index in [-0.39, 0.29) is 11.3 Å². The number of nitrogens with zero attached hydrogens (tertiary/aromatic N) is 2. The fraction of sp³-hybridized carbons (Fsp3) is 0.105. The molecule has 9 heteroatoms. The number of nitrogens with one attached hydrogen (secondary N) is 1. The van der Waals surface area contributed by atoms with Crippen molar-refractivity contribution in [3.63, 3.8) is 0 Å². The first-order valence-electron chi connectivity index (χ1n) is 8.11. The van der Waals surface area contributed by atoms with E-state index in [4.69, 9.17) is 9.84 Å². The number of barbiturate groups is 1. The Morgan fingerprint density at radius 3 is 2.32 bits per heavy atom. The van der Waals surface area contributed by atoms with Crippen LogP contribution >= 0.6 is 0 Å². The van der Waals surface area contributed by atoms with Crippen LogP contribution in [0.4, 0.5) is 16.2 Å². The minimum atomic E-state index is -1.31. The quantitative estimate of drug-likeness (QED) is 0.603. The summed E-state index contributed by atoms with van der Waals surface area (Å²) in [6, 6.07) is 10.9. The van der Waals surface area contributed by atoms with Crippen molar-refractivity contribution < 1.29 is 29.0 Å². The molecule has 2 aromatic carbocycles. The number of aliphatic imine (C=N–C) groups is 1. The van der Waals surface area contributed by atoms with E-state index < -0.39 is 29.7 Å². The van der Waals surface area contributed by atoms with Gasteiger partial charge in [0, 0.05) is 6.21 Å². The van der Waals surface area contributed by atoms with Crippen LogP contribution in [-0.2, 0) is 9.59 Å². The van der Waals surface area contributed by atoms with Crippen LogP contribution in [0.25, 0.3) is 0 Å². The molecule has 1 fully saturated rings. The molecule has 4 amide bonds. The number of carboxylic acid groups (broad SMARTS) is 1. The topological polar surface area (TPSA) is 125 Å². The Morgan fingerprint density at radius 1 is 1.11 bits per heavy atom. The lowest BCUT2D eigenvalue weighted by Gasteiger charge is -2.28. The Morgan fingerprint density at radius 2 is 1.75 bits per heavy atom. The molecule has 1 aliphatic rings. The van der Waals surface area contributed by atoms with Crippen LogP contribution < -0.4 is 15.0 Å². The Bertz CT molecular complexity index is 966. The van der Waals surface area contributed by atoms with E-state index in [2.05, 4.69) is 10.3 Å². The third-order valence-corrected chi connectivity index (χ3v) is 4.02. The molecule has 1 atom stereocenters. The highest BCUT2D eigenvalue weighted by Crippen LogP contribution is 2.23. The fourth-order valence-electron chi connectivity index (χ4n) is 2.55. The summed E-state index contributed by atoms with van der Waals surface area (Å²) in [7, 11) is 1.49. The van der Waals surface area contributed by atoms with Gasteiger partial charge in [-0.05, 0) is 48.5 Å². The lowest BCUT2D eigenvalue weighted by molar-refractivity contribution is -0.131. The second kappa shape index (κ2) is 7.70. The summed E-state index contributed by atoms with van der Waals surface area (Å²) >= 11 is 0. The summed E-state index contributed by atoms with van der Waals surface area (Å²) < 4.78 is 5.04. The number of amides is 4. The van der Waals surface area contributed by atoms with Gasteiger partial charge in [0.2, 0.25) is 5.91 Å². The van der Waals surface area contributed by atoms with Gasteiger partial charge in [-0.2, -0.15) is 0 Å². The van der Waals surface area contributed by atoms with Crippen LogP contribution in [0, 0.1) is 5.92 Å². The van der Waals surface area contributed by atoms with E-state index in [1.165, 1.54) is 43.5 Å². The van der Waals surface area contributed by atoms with E-state index >= 15 is 0 Å². The first-order chi connectivity index (χ1) is 13.4.